The van der Waals surface area contributed by atoms with Gasteiger partial charge in [-0.25, -0.2) is 0 Å². The van der Waals surface area contributed by atoms with Crippen LogP contribution in [0.3, 0.4) is 0 Å². The average molecular weight is 435 g/mol. The molecule has 2 aromatic carbocycles. The molecule has 31 heavy (non-hydrogen) atoms. The minimum atomic E-state index is -4.44. The van der Waals surface area contributed by atoms with E-state index in [9.17, 15) is 18.0 Å². The van der Waals surface area contributed by atoms with Gasteiger partial charge in [-0.05, 0) is 55.7 Å². The highest BCUT2D eigenvalue weighted by Crippen LogP contribution is 2.29. The van der Waals surface area contributed by atoms with E-state index in [2.05, 4.69) is 15.6 Å². The number of nitrogens with one attached hydrogen (secondary N) is 1. The zero-order chi connectivity index (χ0) is 23.2. The summed E-state index contributed by atoms with van der Waals surface area (Å²) in [6, 6.07) is 8.48. The summed E-state index contributed by atoms with van der Waals surface area (Å²) in [5, 5.41) is 10.3. The van der Waals surface area contributed by atoms with Gasteiger partial charge in [-0.15, -0.1) is 0 Å². The first-order chi connectivity index (χ1) is 14.6. The molecule has 0 unspecified atom stereocenters. The standard InChI is InChI=1S/C22H24F3N3O3/c1-13-9-17(19(10-14(13)2)20(28-30-5)21(29)26-4)12-31-27-15(3)16-7-6-8-18(11-16)22(23,24)25/h6-11H,12H2,1-5H3,(H,26,29). The van der Waals surface area contributed by atoms with Crippen LogP contribution in [-0.2, 0) is 27.3 Å². The van der Waals surface area contributed by atoms with Crippen LogP contribution in [0.2, 0.25) is 0 Å². The van der Waals surface area contributed by atoms with Crippen molar-refractivity contribution >= 4 is 17.3 Å². The average Bonchev–Trinajstić information content (AvgIpc) is 2.73. The van der Waals surface area contributed by atoms with Crippen LogP contribution in [0, 0.1) is 13.8 Å². The number of halogens is 3. The Morgan fingerprint density at radius 2 is 1.77 bits per heavy atom. The number of rotatable bonds is 7. The number of hydrogen-bond donors (Lipinski definition) is 1. The second-order valence-electron chi connectivity index (χ2n) is 6.82. The van der Waals surface area contributed by atoms with E-state index in [-0.39, 0.29) is 18.0 Å². The predicted molar refractivity (Wildman–Crippen MR) is 112 cm³/mol. The molecule has 0 aliphatic carbocycles. The Morgan fingerprint density at radius 3 is 2.39 bits per heavy atom. The highest BCUT2D eigenvalue weighted by atomic mass is 19.4. The quantitative estimate of drug-likeness (QED) is 0.519. The molecule has 0 spiro atoms. The van der Waals surface area contributed by atoms with E-state index >= 15 is 0 Å². The molecule has 0 aliphatic heterocycles. The fourth-order valence-electron chi connectivity index (χ4n) is 2.81. The number of nitrogens with zero attached hydrogens (tertiary/aromatic N) is 2. The van der Waals surface area contributed by atoms with Crippen LogP contribution in [0.5, 0.6) is 0 Å². The number of oxime groups is 2. The van der Waals surface area contributed by atoms with Crippen molar-refractivity contribution in [1.82, 2.24) is 5.32 Å². The first-order valence-corrected chi connectivity index (χ1v) is 9.36. The summed E-state index contributed by atoms with van der Waals surface area (Å²) in [6.45, 7) is 5.34. The summed E-state index contributed by atoms with van der Waals surface area (Å²) < 4.78 is 38.8. The molecule has 0 aromatic heterocycles. The third-order valence-electron chi connectivity index (χ3n) is 4.63. The summed E-state index contributed by atoms with van der Waals surface area (Å²) in [7, 11) is 2.82. The fourth-order valence-corrected chi connectivity index (χ4v) is 2.81. The van der Waals surface area contributed by atoms with Crippen LogP contribution in [0.4, 0.5) is 13.2 Å². The van der Waals surface area contributed by atoms with Gasteiger partial charge in [-0.1, -0.05) is 28.5 Å². The molecular weight excluding hydrogens is 411 g/mol. The summed E-state index contributed by atoms with van der Waals surface area (Å²) in [5.74, 6) is -0.435. The van der Waals surface area contributed by atoms with Gasteiger partial charge >= 0.3 is 6.18 Å². The molecule has 9 heteroatoms. The third-order valence-corrected chi connectivity index (χ3v) is 4.63. The van der Waals surface area contributed by atoms with E-state index in [0.717, 1.165) is 23.3 Å². The van der Waals surface area contributed by atoms with Gasteiger partial charge in [-0.2, -0.15) is 13.2 Å². The molecule has 0 heterocycles. The van der Waals surface area contributed by atoms with Crippen molar-refractivity contribution in [1.29, 1.82) is 0 Å². The molecule has 0 aliphatic rings. The zero-order valence-electron chi connectivity index (χ0n) is 17.9. The van der Waals surface area contributed by atoms with E-state index in [1.165, 1.54) is 26.3 Å². The lowest BCUT2D eigenvalue weighted by Gasteiger charge is -2.13. The normalized spacial score (nSPS) is 12.5. The van der Waals surface area contributed by atoms with Gasteiger partial charge in [0.15, 0.2) is 5.71 Å². The van der Waals surface area contributed by atoms with E-state index < -0.39 is 17.6 Å². The number of alkyl halides is 3. The Morgan fingerprint density at radius 1 is 1.10 bits per heavy atom. The minimum absolute atomic E-state index is 0.0213. The molecule has 2 aromatic rings. The smallest absolute Gasteiger partial charge is 0.398 e. The Balaban J connectivity index is 2.32. The van der Waals surface area contributed by atoms with Gasteiger partial charge in [-0.3, -0.25) is 4.79 Å². The van der Waals surface area contributed by atoms with Gasteiger partial charge in [0, 0.05) is 18.2 Å². The van der Waals surface area contributed by atoms with Crippen LogP contribution in [0.1, 0.15) is 40.3 Å². The lowest BCUT2D eigenvalue weighted by Crippen LogP contribution is -2.29. The number of hydrogen-bond acceptors (Lipinski definition) is 5. The predicted octanol–water partition coefficient (Wildman–Crippen LogP) is 4.36. The van der Waals surface area contributed by atoms with Crippen molar-refractivity contribution in [3.63, 3.8) is 0 Å². The Labute approximate surface area is 178 Å². The van der Waals surface area contributed by atoms with E-state index in [0.29, 0.717) is 16.7 Å². The number of benzene rings is 2. The lowest BCUT2D eigenvalue weighted by molar-refractivity contribution is -0.137. The number of carbonyl (C=O) groups excluding carboxylic acids is 1. The second kappa shape index (κ2) is 10.1. The monoisotopic (exact) mass is 435 g/mol. The highest BCUT2D eigenvalue weighted by molar-refractivity contribution is 6.45. The van der Waals surface area contributed by atoms with Crippen molar-refractivity contribution < 1.29 is 27.6 Å². The van der Waals surface area contributed by atoms with Gasteiger partial charge in [0.2, 0.25) is 0 Å². The Bertz CT molecular complexity index is 1010. The molecule has 6 nitrogen and oxygen atoms in total. The molecular formula is C22H24F3N3O3. The number of likely N-dealkylation sites (N-methyl/N-ethyl adjacent to an activating group) is 1. The van der Waals surface area contributed by atoms with E-state index in [1.54, 1.807) is 13.0 Å². The SMILES string of the molecule is CNC(=O)C(=NOC)c1cc(C)c(C)cc1CON=C(C)c1cccc(C(F)(F)F)c1. The Hall–Kier alpha value is -3.36. The highest BCUT2D eigenvalue weighted by Gasteiger charge is 2.30. The minimum Gasteiger partial charge on any atom is -0.398 e. The van der Waals surface area contributed by atoms with Gasteiger partial charge < -0.3 is 15.0 Å². The van der Waals surface area contributed by atoms with Crippen LogP contribution in [0.25, 0.3) is 0 Å². The molecule has 0 fully saturated rings. The van der Waals surface area contributed by atoms with Crippen LogP contribution < -0.4 is 5.32 Å². The molecule has 0 radical (unpaired) electrons. The van der Waals surface area contributed by atoms with Gasteiger partial charge in [0.1, 0.15) is 13.7 Å². The summed E-state index contributed by atoms with van der Waals surface area (Å²) >= 11 is 0. The summed E-state index contributed by atoms with van der Waals surface area (Å²) in [6.07, 6.45) is -4.44. The molecule has 0 saturated carbocycles. The number of amides is 1. The largest absolute Gasteiger partial charge is 0.416 e. The van der Waals surface area contributed by atoms with Crippen molar-refractivity contribution in [2.75, 3.05) is 14.2 Å². The molecule has 1 amide bonds. The van der Waals surface area contributed by atoms with Crippen LogP contribution >= 0.6 is 0 Å². The van der Waals surface area contributed by atoms with Crippen molar-refractivity contribution in [2.24, 2.45) is 10.3 Å². The molecule has 0 bridgehead atoms. The molecule has 166 valence electrons. The van der Waals surface area contributed by atoms with Crippen molar-refractivity contribution in [2.45, 2.75) is 33.6 Å². The number of aryl methyl sites for hydroxylation is 2. The first-order valence-electron chi connectivity index (χ1n) is 9.36. The third kappa shape index (κ3) is 6.07. The summed E-state index contributed by atoms with van der Waals surface area (Å²) in [4.78, 5) is 22.5. The van der Waals surface area contributed by atoms with Crippen molar-refractivity contribution in [3.05, 3.63) is 69.8 Å². The maximum absolute atomic E-state index is 12.9. The first kappa shape index (κ1) is 23.9. The Kier molecular flexibility index (Phi) is 7.79. The molecule has 0 atom stereocenters. The molecule has 0 saturated heterocycles. The van der Waals surface area contributed by atoms with Crippen LogP contribution in [-0.4, -0.2) is 31.5 Å². The maximum Gasteiger partial charge on any atom is 0.416 e. The van der Waals surface area contributed by atoms with Crippen LogP contribution in [0.15, 0.2) is 46.7 Å². The maximum atomic E-state index is 12.9. The zero-order valence-corrected chi connectivity index (χ0v) is 17.9. The molecule has 2 rings (SSSR count). The lowest BCUT2D eigenvalue weighted by atomic mass is 9.96. The summed E-state index contributed by atoms with van der Waals surface area (Å²) in [5.41, 5.74) is 2.94. The molecule has 1 N–H and O–H groups in total. The second-order valence-corrected chi connectivity index (χ2v) is 6.82. The fraction of sp³-hybridized carbons (Fsp3) is 0.318. The number of carbonyl (C=O) groups is 1. The topological polar surface area (TPSA) is 72.3 Å². The van der Waals surface area contributed by atoms with E-state index in [4.69, 9.17) is 9.68 Å². The van der Waals surface area contributed by atoms with Gasteiger partial charge in [0.25, 0.3) is 5.91 Å². The van der Waals surface area contributed by atoms with E-state index in [1.807, 2.05) is 19.9 Å². The van der Waals surface area contributed by atoms with Crippen molar-refractivity contribution in [3.8, 4) is 0 Å². The van der Waals surface area contributed by atoms with Gasteiger partial charge in [0.05, 0.1) is 11.3 Å².